The van der Waals surface area contributed by atoms with E-state index >= 15 is 0 Å². The fourth-order valence-corrected chi connectivity index (χ4v) is 8.51. The predicted molar refractivity (Wildman–Crippen MR) is 200 cm³/mol. The van der Waals surface area contributed by atoms with Gasteiger partial charge in [-0.15, -0.1) is 0 Å². The highest BCUT2D eigenvalue weighted by Gasteiger charge is 2.43. The number of rotatable bonds is 4. The van der Waals surface area contributed by atoms with Crippen molar-refractivity contribution in [2.75, 3.05) is 0 Å². The zero-order chi connectivity index (χ0) is 32.4. The van der Waals surface area contributed by atoms with Gasteiger partial charge in [0.25, 0.3) is 0 Å². The summed E-state index contributed by atoms with van der Waals surface area (Å²) in [4.78, 5) is 10.2. The second kappa shape index (κ2) is 11.1. The molecule has 49 heavy (non-hydrogen) atoms. The smallest absolute Gasteiger partial charge is 0.160 e. The van der Waals surface area contributed by atoms with Crippen LogP contribution in [0.5, 0.6) is 0 Å². The van der Waals surface area contributed by atoms with E-state index in [9.17, 15) is 0 Å². The molecule has 3 nitrogen and oxygen atoms in total. The summed E-state index contributed by atoms with van der Waals surface area (Å²) in [7, 11) is 0. The number of benzene rings is 6. The molecule has 1 saturated carbocycles. The first-order valence-electron chi connectivity index (χ1n) is 17.4. The van der Waals surface area contributed by atoms with Crippen LogP contribution < -0.4 is 0 Å². The van der Waals surface area contributed by atoms with Gasteiger partial charge in [-0.2, -0.15) is 0 Å². The lowest BCUT2D eigenvalue weighted by Crippen LogP contribution is -2.28. The van der Waals surface area contributed by atoms with Crippen molar-refractivity contribution >= 4 is 21.9 Å². The Labute approximate surface area is 285 Å². The van der Waals surface area contributed by atoms with Gasteiger partial charge in [0.15, 0.2) is 5.82 Å². The summed E-state index contributed by atoms with van der Waals surface area (Å²) in [6.07, 6.45) is 6.41. The zero-order valence-corrected chi connectivity index (χ0v) is 27.2. The molecular formula is C46H34N2O. The average molecular weight is 631 g/mol. The third kappa shape index (κ3) is 4.57. The van der Waals surface area contributed by atoms with Gasteiger partial charge in [0, 0.05) is 32.9 Å². The number of hydrogen-bond donors (Lipinski definition) is 0. The summed E-state index contributed by atoms with van der Waals surface area (Å²) in [6.45, 7) is 0. The van der Waals surface area contributed by atoms with E-state index in [4.69, 9.17) is 14.4 Å². The molecule has 10 rings (SSSR count). The van der Waals surface area contributed by atoms with Crippen LogP contribution in [0.25, 0.3) is 78.1 Å². The molecule has 0 aliphatic heterocycles. The van der Waals surface area contributed by atoms with Gasteiger partial charge in [0.1, 0.15) is 11.2 Å². The molecule has 1 spiro atoms. The molecule has 0 radical (unpaired) electrons. The molecule has 0 amide bonds. The van der Waals surface area contributed by atoms with E-state index in [0.29, 0.717) is 5.82 Å². The molecule has 2 aliphatic rings. The van der Waals surface area contributed by atoms with Gasteiger partial charge in [0.2, 0.25) is 0 Å². The molecule has 6 aromatic carbocycles. The molecule has 2 heterocycles. The Morgan fingerprint density at radius 1 is 0.429 bits per heavy atom. The Balaban J connectivity index is 1.05. The summed E-state index contributed by atoms with van der Waals surface area (Å²) < 4.78 is 6.23. The monoisotopic (exact) mass is 630 g/mol. The number of hydrogen-bond acceptors (Lipinski definition) is 3. The van der Waals surface area contributed by atoms with Crippen LogP contribution in [0.1, 0.15) is 43.2 Å². The van der Waals surface area contributed by atoms with Crippen LogP contribution in [0.4, 0.5) is 0 Å². The van der Waals surface area contributed by atoms with Gasteiger partial charge in [-0.25, -0.2) is 9.97 Å². The first-order chi connectivity index (χ1) is 24.2. The lowest BCUT2D eigenvalue weighted by Gasteiger charge is -2.36. The maximum atomic E-state index is 6.23. The largest absolute Gasteiger partial charge is 0.456 e. The summed E-state index contributed by atoms with van der Waals surface area (Å²) >= 11 is 0. The molecule has 0 atom stereocenters. The lowest BCUT2D eigenvalue weighted by atomic mass is 9.67. The molecule has 0 bridgehead atoms. The highest BCUT2D eigenvalue weighted by Crippen LogP contribution is 2.56. The minimum Gasteiger partial charge on any atom is -0.456 e. The minimum atomic E-state index is 0.150. The predicted octanol–water partition coefficient (Wildman–Crippen LogP) is 12.3. The third-order valence-corrected chi connectivity index (χ3v) is 10.9. The second-order valence-electron chi connectivity index (χ2n) is 13.7. The number of nitrogens with zero attached hydrogens (tertiary/aromatic N) is 2. The van der Waals surface area contributed by atoms with E-state index in [0.717, 1.165) is 50.0 Å². The van der Waals surface area contributed by atoms with Crippen molar-refractivity contribution < 1.29 is 4.42 Å². The summed E-state index contributed by atoms with van der Waals surface area (Å²) in [5, 5.41) is 2.21. The normalized spacial score (nSPS) is 14.7. The van der Waals surface area contributed by atoms with Gasteiger partial charge < -0.3 is 4.42 Å². The Morgan fingerprint density at radius 3 is 1.90 bits per heavy atom. The standard InChI is InChI=1S/C46H34N2O/c1-3-11-31(12-4-1)41-29-42(48-45(47-41)34-22-24-38-37-14-6-8-16-43(37)49-44(38)28-34)32-19-17-30(18-20-32)33-21-23-36-35-13-5-7-15-39(35)46(40(36)27-33)25-9-2-10-26-46/h1,3-8,11-24,27-29H,2,9-10,25-26H2. The quantitative estimate of drug-likeness (QED) is 0.194. The van der Waals surface area contributed by atoms with E-state index in [1.165, 1.54) is 65.5 Å². The molecule has 0 unspecified atom stereocenters. The number of aromatic nitrogens is 2. The summed E-state index contributed by atoms with van der Waals surface area (Å²) in [5.74, 6) is 0.679. The van der Waals surface area contributed by atoms with Gasteiger partial charge >= 0.3 is 0 Å². The second-order valence-corrected chi connectivity index (χ2v) is 13.7. The zero-order valence-electron chi connectivity index (χ0n) is 27.2. The van der Waals surface area contributed by atoms with Crippen LogP contribution in [-0.2, 0) is 5.41 Å². The van der Waals surface area contributed by atoms with Gasteiger partial charge in [-0.3, -0.25) is 0 Å². The topological polar surface area (TPSA) is 38.9 Å². The van der Waals surface area contributed by atoms with Crippen LogP contribution in [0, 0.1) is 0 Å². The van der Waals surface area contributed by atoms with E-state index in [-0.39, 0.29) is 5.41 Å². The van der Waals surface area contributed by atoms with Crippen molar-refractivity contribution in [3.63, 3.8) is 0 Å². The Hall–Kier alpha value is -5.80. The van der Waals surface area contributed by atoms with Gasteiger partial charge in [-0.1, -0.05) is 135 Å². The Morgan fingerprint density at radius 2 is 1.06 bits per heavy atom. The van der Waals surface area contributed by atoms with Gasteiger partial charge in [-0.05, 0) is 76.6 Å². The average Bonchev–Trinajstić information content (AvgIpc) is 3.68. The Bertz CT molecular complexity index is 2520. The van der Waals surface area contributed by atoms with Crippen LogP contribution in [-0.4, -0.2) is 9.97 Å². The van der Waals surface area contributed by atoms with E-state index < -0.39 is 0 Å². The molecule has 3 heteroatoms. The van der Waals surface area contributed by atoms with E-state index in [2.05, 4.69) is 121 Å². The first kappa shape index (κ1) is 28.2. The minimum absolute atomic E-state index is 0.150. The van der Waals surface area contributed by atoms with Crippen molar-refractivity contribution in [1.29, 1.82) is 0 Å². The molecule has 0 saturated heterocycles. The van der Waals surface area contributed by atoms with Crippen LogP contribution in [0.2, 0.25) is 0 Å². The van der Waals surface area contributed by atoms with E-state index in [1.54, 1.807) is 0 Å². The fourth-order valence-electron chi connectivity index (χ4n) is 8.51. The molecule has 1 fully saturated rings. The summed E-state index contributed by atoms with van der Waals surface area (Å²) in [5.41, 5.74) is 15.1. The highest BCUT2D eigenvalue weighted by molar-refractivity contribution is 6.05. The van der Waals surface area contributed by atoms with Crippen molar-refractivity contribution in [3.05, 3.63) is 157 Å². The molecular weight excluding hydrogens is 597 g/mol. The first-order valence-corrected chi connectivity index (χ1v) is 17.4. The summed E-state index contributed by atoms with van der Waals surface area (Å²) in [6, 6.07) is 52.1. The third-order valence-electron chi connectivity index (χ3n) is 10.9. The van der Waals surface area contributed by atoms with Crippen molar-refractivity contribution in [2.45, 2.75) is 37.5 Å². The van der Waals surface area contributed by atoms with Crippen LogP contribution in [0.3, 0.4) is 0 Å². The van der Waals surface area contributed by atoms with Crippen molar-refractivity contribution in [1.82, 2.24) is 9.97 Å². The molecule has 2 aliphatic carbocycles. The molecule has 234 valence electrons. The van der Waals surface area contributed by atoms with Crippen molar-refractivity contribution in [3.8, 4) is 56.2 Å². The number of para-hydroxylation sites is 1. The molecule has 2 aromatic heterocycles. The van der Waals surface area contributed by atoms with Crippen LogP contribution in [0.15, 0.2) is 150 Å². The maximum absolute atomic E-state index is 6.23. The number of furan rings is 1. The van der Waals surface area contributed by atoms with Gasteiger partial charge in [0.05, 0.1) is 11.4 Å². The fraction of sp³-hybridized carbons (Fsp3) is 0.130. The van der Waals surface area contributed by atoms with Crippen molar-refractivity contribution in [2.24, 2.45) is 0 Å². The number of fused-ring (bicyclic) bond motifs is 8. The van der Waals surface area contributed by atoms with Crippen LogP contribution >= 0.6 is 0 Å². The molecule has 0 N–H and O–H groups in total. The maximum Gasteiger partial charge on any atom is 0.160 e. The molecule has 8 aromatic rings. The Kier molecular flexibility index (Phi) is 6.42. The highest BCUT2D eigenvalue weighted by atomic mass is 16.3. The lowest BCUT2D eigenvalue weighted by molar-refractivity contribution is 0.353. The SMILES string of the molecule is c1ccc(-c2cc(-c3ccc(-c4ccc5c(c4)C4(CCCCC4)c4ccccc4-5)cc3)nc(-c3ccc4c(c3)oc3ccccc34)n2)cc1. The van der Waals surface area contributed by atoms with E-state index in [1.807, 2.05) is 24.3 Å².